The average Bonchev–Trinajstić information content (AvgIpc) is 2.35. The van der Waals surface area contributed by atoms with Crippen LogP contribution in [-0.2, 0) is 0 Å². The first kappa shape index (κ1) is 15.0. The summed E-state index contributed by atoms with van der Waals surface area (Å²) in [4.78, 5) is 23.3. The van der Waals surface area contributed by atoms with Crippen molar-refractivity contribution in [3.63, 3.8) is 0 Å². The number of rotatable bonds is 5. The molecule has 3 amide bonds. The lowest BCUT2D eigenvalue weighted by Gasteiger charge is -2.11. The zero-order valence-electron chi connectivity index (χ0n) is 11.2. The first-order valence-corrected chi connectivity index (χ1v) is 6.18. The number of anilines is 1. The monoisotopic (exact) mass is 264 g/mol. The number of nitrogens with two attached hydrogens (primary N) is 1. The van der Waals surface area contributed by atoms with Gasteiger partial charge in [-0.2, -0.15) is 0 Å². The maximum Gasteiger partial charge on any atom is 0.319 e. The Labute approximate surface area is 112 Å². The molecule has 0 saturated carbocycles. The number of hydrogen-bond acceptors (Lipinski definition) is 3. The molecule has 19 heavy (non-hydrogen) atoms. The number of carbonyl (C=O) groups is 2. The zero-order chi connectivity index (χ0) is 14.3. The normalized spacial score (nSPS) is 10.1. The number of carbonyl (C=O) groups excluding carboxylic acids is 2. The molecule has 104 valence electrons. The number of urea groups is 1. The van der Waals surface area contributed by atoms with E-state index in [1.165, 1.54) is 0 Å². The standard InChI is InChI=1S/C13H20N4O2/c1-9(2)16-13(19)17-11-5-3-4-10(8-11)12(18)15-7-6-14/h3-5,8-9H,6-7,14H2,1-2H3,(H,15,18)(H2,16,17,19). The Morgan fingerprint density at radius 3 is 2.68 bits per heavy atom. The highest BCUT2D eigenvalue weighted by Gasteiger charge is 2.07. The van der Waals surface area contributed by atoms with Gasteiger partial charge in [0, 0.05) is 30.4 Å². The fraction of sp³-hybridized carbons (Fsp3) is 0.385. The molecule has 6 nitrogen and oxygen atoms in total. The van der Waals surface area contributed by atoms with Gasteiger partial charge in [0.2, 0.25) is 0 Å². The number of hydrogen-bond donors (Lipinski definition) is 4. The summed E-state index contributed by atoms with van der Waals surface area (Å²) < 4.78 is 0. The summed E-state index contributed by atoms with van der Waals surface area (Å²) in [5.41, 5.74) is 6.37. The molecule has 0 aliphatic rings. The third-order valence-corrected chi connectivity index (χ3v) is 2.23. The van der Waals surface area contributed by atoms with Crippen molar-refractivity contribution >= 4 is 17.6 Å². The molecule has 0 aliphatic carbocycles. The summed E-state index contributed by atoms with van der Waals surface area (Å²) >= 11 is 0. The van der Waals surface area contributed by atoms with Gasteiger partial charge in [0.1, 0.15) is 0 Å². The topological polar surface area (TPSA) is 96.2 Å². The highest BCUT2D eigenvalue weighted by Crippen LogP contribution is 2.10. The predicted molar refractivity (Wildman–Crippen MR) is 75.1 cm³/mol. The van der Waals surface area contributed by atoms with Crippen molar-refractivity contribution in [2.24, 2.45) is 5.73 Å². The molecule has 0 aliphatic heterocycles. The Morgan fingerprint density at radius 2 is 2.05 bits per heavy atom. The Bertz CT molecular complexity index is 446. The van der Waals surface area contributed by atoms with Crippen molar-refractivity contribution in [3.05, 3.63) is 29.8 Å². The molecule has 6 heteroatoms. The van der Waals surface area contributed by atoms with Gasteiger partial charge in [0.25, 0.3) is 5.91 Å². The molecule has 0 saturated heterocycles. The van der Waals surface area contributed by atoms with E-state index < -0.39 is 0 Å². The van der Waals surface area contributed by atoms with E-state index in [0.717, 1.165) is 0 Å². The Kier molecular flexibility index (Phi) is 5.81. The summed E-state index contributed by atoms with van der Waals surface area (Å²) in [6.45, 7) is 4.55. The maximum absolute atomic E-state index is 11.7. The highest BCUT2D eigenvalue weighted by molar-refractivity contribution is 5.96. The first-order valence-electron chi connectivity index (χ1n) is 6.18. The molecule has 0 heterocycles. The van der Waals surface area contributed by atoms with Gasteiger partial charge in [0.15, 0.2) is 0 Å². The molecule has 1 rings (SSSR count). The van der Waals surface area contributed by atoms with Crippen molar-refractivity contribution < 1.29 is 9.59 Å². The van der Waals surface area contributed by atoms with Gasteiger partial charge < -0.3 is 21.7 Å². The maximum atomic E-state index is 11.7. The summed E-state index contributed by atoms with van der Waals surface area (Å²) in [6.07, 6.45) is 0. The summed E-state index contributed by atoms with van der Waals surface area (Å²) in [5.74, 6) is -0.210. The molecule has 5 N–H and O–H groups in total. The van der Waals surface area contributed by atoms with E-state index in [1.807, 2.05) is 13.8 Å². The molecule has 0 aromatic heterocycles. The van der Waals surface area contributed by atoms with Crippen LogP contribution in [0.1, 0.15) is 24.2 Å². The first-order chi connectivity index (χ1) is 9.02. The molecule has 0 atom stereocenters. The van der Waals surface area contributed by atoms with E-state index in [9.17, 15) is 9.59 Å². The van der Waals surface area contributed by atoms with Crippen molar-refractivity contribution in [1.82, 2.24) is 10.6 Å². The molecular formula is C13H20N4O2. The van der Waals surface area contributed by atoms with Crippen LogP contribution in [0.2, 0.25) is 0 Å². The second-order valence-corrected chi connectivity index (χ2v) is 4.38. The minimum absolute atomic E-state index is 0.0519. The minimum Gasteiger partial charge on any atom is -0.351 e. The van der Waals surface area contributed by atoms with Gasteiger partial charge in [0.05, 0.1) is 0 Å². The fourth-order valence-electron chi connectivity index (χ4n) is 1.46. The molecule has 1 aromatic rings. The van der Waals surface area contributed by atoms with Crippen LogP contribution < -0.4 is 21.7 Å². The van der Waals surface area contributed by atoms with Crippen molar-refractivity contribution in [3.8, 4) is 0 Å². The van der Waals surface area contributed by atoms with Gasteiger partial charge in [-0.15, -0.1) is 0 Å². The molecule has 0 bridgehead atoms. The lowest BCUT2D eigenvalue weighted by Crippen LogP contribution is -2.34. The van der Waals surface area contributed by atoms with E-state index in [-0.39, 0.29) is 18.0 Å². The van der Waals surface area contributed by atoms with Gasteiger partial charge in [-0.05, 0) is 32.0 Å². The van der Waals surface area contributed by atoms with Crippen molar-refractivity contribution in [2.45, 2.75) is 19.9 Å². The number of amides is 3. The molecule has 0 fully saturated rings. The van der Waals surface area contributed by atoms with Gasteiger partial charge in [-0.3, -0.25) is 4.79 Å². The average molecular weight is 264 g/mol. The van der Waals surface area contributed by atoms with E-state index in [2.05, 4.69) is 16.0 Å². The SMILES string of the molecule is CC(C)NC(=O)Nc1cccc(C(=O)NCCN)c1. The van der Waals surface area contributed by atoms with Gasteiger partial charge >= 0.3 is 6.03 Å². The minimum atomic E-state index is -0.297. The van der Waals surface area contributed by atoms with Crippen LogP contribution >= 0.6 is 0 Å². The van der Waals surface area contributed by atoms with Crippen LogP contribution in [0.15, 0.2) is 24.3 Å². The smallest absolute Gasteiger partial charge is 0.319 e. The van der Waals surface area contributed by atoms with Gasteiger partial charge in [-0.25, -0.2) is 4.79 Å². The lowest BCUT2D eigenvalue weighted by atomic mass is 10.2. The van der Waals surface area contributed by atoms with Crippen LogP contribution in [-0.4, -0.2) is 31.1 Å². The van der Waals surface area contributed by atoms with Crippen LogP contribution in [0.5, 0.6) is 0 Å². The van der Waals surface area contributed by atoms with E-state index in [4.69, 9.17) is 5.73 Å². The Hall–Kier alpha value is -2.08. The molecular weight excluding hydrogens is 244 g/mol. The Morgan fingerprint density at radius 1 is 1.32 bits per heavy atom. The van der Waals surface area contributed by atoms with Crippen LogP contribution in [0.3, 0.4) is 0 Å². The summed E-state index contributed by atoms with van der Waals surface area (Å²) in [5, 5.41) is 8.05. The van der Waals surface area contributed by atoms with Crippen LogP contribution in [0, 0.1) is 0 Å². The highest BCUT2D eigenvalue weighted by atomic mass is 16.2. The second kappa shape index (κ2) is 7.38. The van der Waals surface area contributed by atoms with Crippen molar-refractivity contribution in [1.29, 1.82) is 0 Å². The van der Waals surface area contributed by atoms with Crippen LogP contribution in [0.4, 0.5) is 10.5 Å². The summed E-state index contributed by atoms with van der Waals surface area (Å²) in [7, 11) is 0. The number of benzene rings is 1. The molecule has 1 aromatic carbocycles. The molecule has 0 radical (unpaired) electrons. The van der Waals surface area contributed by atoms with Gasteiger partial charge in [-0.1, -0.05) is 6.07 Å². The van der Waals surface area contributed by atoms with Crippen molar-refractivity contribution in [2.75, 3.05) is 18.4 Å². The molecule has 0 spiro atoms. The van der Waals surface area contributed by atoms with E-state index in [1.54, 1.807) is 24.3 Å². The van der Waals surface area contributed by atoms with Crippen LogP contribution in [0.25, 0.3) is 0 Å². The zero-order valence-corrected chi connectivity index (χ0v) is 11.2. The third kappa shape index (κ3) is 5.39. The summed E-state index contributed by atoms with van der Waals surface area (Å²) in [6, 6.07) is 6.48. The third-order valence-electron chi connectivity index (χ3n) is 2.23. The second-order valence-electron chi connectivity index (χ2n) is 4.38. The Balaban J connectivity index is 2.66. The lowest BCUT2D eigenvalue weighted by molar-refractivity contribution is 0.0954. The number of nitrogens with one attached hydrogen (secondary N) is 3. The predicted octanol–water partition coefficient (Wildman–Crippen LogP) is 0.905. The molecule has 0 unspecified atom stereocenters. The fourth-order valence-corrected chi connectivity index (χ4v) is 1.46. The quantitative estimate of drug-likeness (QED) is 0.636. The largest absolute Gasteiger partial charge is 0.351 e. The van der Waals surface area contributed by atoms with E-state index >= 15 is 0 Å². The van der Waals surface area contributed by atoms with E-state index in [0.29, 0.717) is 24.3 Å².